The maximum Gasteiger partial charge on any atom is 0.0952 e. The van der Waals surface area contributed by atoms with E-state index in [-0.39, 0.29) is 5.54 Å². The van der Waals surface area contributed by atoms with Crippen molar-refractivity contribution >= 4 is 0 Å². The average Bonchev–Trinajstić information content (AvgIpc) is 3.00. The van der Waals surface area contributed by atoms with Crippen LogP contribution >= 0.6 is 0 Å². The Bertz CT molecular complexity index is 502. The molecule has 0 aliphatic carbocycles. The van der Waals surface area contributed by atoms with Gasteiger partial charge >= 0.3 is 0 Å². The van der Waals surface area contributed by atoms with E-state index in [0.29, 0.717) is 6.10 Å². The van der Waals surface area contributed by atoms with E-state index in [1.807, 2.05) is 0 Å². The monoisotopic (exact) mass is 305 g/mol. The Kier molecular flexibility index (Phi) is 4.20. The molecule has 0 bridgehead atoms. The Morgan fingerprint density at radius 1 is 1.27 bits per heavy atom. The van der Waals surface area contributed by atoms with Crippen molar-refractivity contribution in [3.8, 4) is 0 Å². The summed E-state index contributed by atoms with van der Waals surface area (Å²) in [5.41, 5.74) is 2.79. The van der Waals surface area contributed by atoms with Gasteiger partial charge in [-0.25, -0.2) is 4.98 Å². The van der Waals surface area contributed by atoms with Gasteiger partial charge in [-0.1, -0.05) is 0 Å². The number of hydrogen-bond acceptors (Lipinski definition) is 4. The minimum Gasteiger partial charge on any atom is -0.381 e. The third-order valence-corrected chi connectivity index (χ3v) is 5.54. The zero-order valence-corrected chi connectivity index (χ0v) is 13.4. The molecule has 1 spiro atoms. The fourth-order valence-electron chi connectivity index (χ4n) is 4.22. The third-order valence-electron chi connectivity index (χ3n) is 5.54. The van der Waals surface area contributed by atoms with Gasteiger partial charge in [0.15, 0.2) is 0 Å². The van der Waals surface area contributed by atoms with E-state index in [2.05, 4.69) is 16.2 Å². The van der Waals surface area contributed by atoms with Gasteiger partial charge in [-0.3, -0.25) is 0 Å². The molecule has 2 saturated heterocycles. The lowest BCUT2D eigenvalue weighted by atomic mass is 9.82. The van der Waals surface area contributed by atoms with Crippen molar-refractivity contribution in [2.45, 2.75) is 63.1 Å². The molecule has 0 amide bonds. The summed E-state index contributed by atoms with van der Waals surface area (Å²) >= 11 is 0. The van der Waals surface area contributed by atoms with E-state index in [1.165, 1.54) is 30.7 Å². The van der Waals surface area contributed by atoms with Crippen molar-refractivity contribution < 1.29 is 9.47 Å². The zero-order chi connectivity index (χ0) is 14.8. The minimum atomic E-state index is 0.0679. The van der Waals surface area contributed by atoms with Crippen molar-refractivity contribution in [3.05, 3.63) is 17.7 Å². The summed E-state index contributed by atoms with van der Waals surface area (Å²) in [5.74, 6) is 0. The highest BCUT2D eigenvalue weighted by atomic mass is 16.5. The summed E-state index contributed by atoms with van der Waals surface area (Å²) in [5, 5.41) is 3.73. The maximum absolute atomic E-state index is 5.87. The van der Waals surface area contributed by atoms with Gasteiger partial charge in [0.1, 0.15) is 0 Å². The molecule has 4 heterocycles. The number of fused-ring (bicyclic) bond motifs is 2. The highest BCUT2D eigenvalue weighted by Crippen LogP contribution is 2.36. The quantitative estimate of drug-likeness (QED) is 0.928. The summed E-state index contributed by atoms with van der Waals surface area (Å²) in [4.78, 5) is 4.80. The highest BCUT2D eigenvalue weighted by molar-refractivity contribution is 5.27. The van der Waals surface area contributed by atoms with Gasteiger partial charge in [-0.2, -0.15) is 0 Å². The lowest BCUT2D eigenvalue weighted by molar-refractivity contribution is 0.00858. The Labute approximate surface area is 132 Å². The first-order valence-corrected chi connectivity index (χ1v) is 8.86. The first kappa shape index (κ1) is 14.7. The topological polar surface area (TPSA) is 48.3 Å². The molecule has 3 aliphatic heterocycles. The molecule has 1 unspecified atom stereocenters. The summed E-state index contributed by atoms with van der Waals surface area (Å²) in [6.07, 6.45) is 10.6. The number of hydrogen-bond donors (Lipinski definition) is 1. The molecule has 3 aliphatic rings. The van der Waals surface area contributed by atoms with Crippen molar-refractivity contribution in [1.82, 2.24) is 14.9 Å². The number of nitrogens with one attached hydrogen (secondary N) is 1. The molecule has 5 heteroatoms. The number of rotatable bonds is 3. The van der Waals surface area contributed by atoms with E-state index in [0.717, 1.165) is 58.6 Å². The molecule has 0 aromatic carbocycles. The second-order valence-electron chi connectivity index (χ2n) is 6.88. The average molecular weight is 305 g/mol. The van der Waals surface area contributed by atoms with Crippen LogP contribution in [-0.2, 0) is 28.0 Å². The van der Waals surface area contributed by atoms with Gasteiger partial charge in [0.2, 0.25) is 0 Å². The van der Waals surface area contributed by atoms with Crippen LogP contribution in [-0.4, -0.2) is 42.0 Å². The molecule has 2 fully saturated rings. The fraction of sp³-hybridized carbons (Fsp3) is 0.824. The molecular weight excluding hydrogens is 278 g/mol. The summed E-state index contributed by atoms with van der Waals surface area (Å²) in [6, 6.07) is 0. The van der Waals surface area contributed by atoms with Crippen LogP contribution in [0.25, 0.3) is 0 Å². The van der Waals surface area contributed by atoms with E-state index in [9.17, 15) is 0 Å². The number of nitrogens with zero attached hydrogens (tertiary/aromatic N) is 2. The normalized spacial score (nSPS) is 27.7. The molecule has 1 atom stereocenters. The molecule has 5 nitrogen and oxygen atoms in total. The van der Waals surface area contributed by atoms with Crippen LogP contribution in [0.15, 0.2) is 6.33 Å². The predicted molar refractivity (Wildman–Crippen MR) is 83.9 cm³/mol. The van der Waals surface area contributed by atoms with E-state index < -0.39 is 0 Å². The Morgan fingerprint density at radius 3 is 3.00 bits per heavy atom. The van der Waals surface area contributed by atoms with Crippen LogP contribution in [0.2, 0.25) is 0 Å². The third kappa shape index (κ3) is 2.70. The van der Waals surface area contributed by atoms with Crippen LogP contribution in [0.1, 0.15) is 49.9 Å². The molecule has 0 saturated carbocycles. The van der Waals surface area contributed by atoms with Gasteiger partial charge in [-0.05, 0) is 38.5 Å². The molecule has 4 rings (SSSR count). The SMILES string of the molecule is c1nc2c(n1CCC1CCCCO1)CCNC21CCOCC1. The number of ether oxygens (including phenoxy) is 2. The first-order chi connectivity index (χ1) is 10.9. The number of aromatic nitrogens is 2. The van der Waals surface area contributed by atoms with Gasteiger partial charge in [0.05, 0.1) is 23.7 Å². The van der Waals surface area contributed by atoms with E-state index in [1.54, 1.807) is 0 Å². The Balaban J connectivity index is 1.48. The molecule has 22 heavy (non-hydrogen) atoms. The van der Waals surface area contributed by atoms with Crippen LogP contribution in [0.5, 0.6) is 0 Å². The molecule has 1 N–H and O–H groups in total. The first-order valence-electron chi connectivity index (χ1n) is 8.86. The molecular formula is C17H27N3O2. The van der Waals surface area contributed by atoms with Crippen LogP contribution < -0.4 is 5.32 Å². The van der Waals surface area contributed by atoms with E-state index >= 15 is 0 Å². The molecule has 0 radical (unpaired) electrons. The molecule has 1 aromatic rings. The largest absolute Gasteiger partial charge is 0.381 e. The second kappa shape index (κ2) is 6.30. The van der Waals surface area contributed by atoms with Crippen LogP contribution in [0.3, 0.4) is 0 Å². The van der Waals surface area contributed by atoms with Crippen molar-refractivity contribution in [1.29, 1.82) is 0 Å². The van der Waals surface area contributed by atoms with Crippen molar-refractivity contribution in [2.75, 3.05) is 26.4 Å². The molecule has 122 valence electrons. The lowest BCUT2D eigenvalue weighted by Gasteiger charge is -2.40. The Morgan fingerprint density at radius 2 is 2.18 bits per heavy atom. The van der Waals surface area contributed by atoms with E-state index in [4.69, 9.17) is 14.5 Å². The smallest absolute Gasteiger partial charge is 0.0952 e. The van der Waals surface area contributed by atoms with Gasteiger partial charge in [-0.15, -0.1) is 0 Å². The lowest BCUT2D eigenvalue weighted by Crippen LogP contribution is -2.51. The van der Waals surface area contributed by atoms with Gasteiger partial charge in [0.25, 0.3) is 0 Å². The van der Waals surface area contributed by atoms with Crippen LogP contribution in [0.4, 0.5) is 0 Å². The number of aryl methyl sites for hydroxylation is 1. The predicted octanol–water partition coefficient (Wildman–Crippen LogP) is 1.99. The molecule has 1 aromatic heterocycles. The van der Waals surface area contributed by atoms with Gasteiger partial charge in [0, 0.05) is 45.0 Å². The minimum absolute atomic E-state index is 0.0679. The number of imidazole rings is 1. The summed E-state index contributed by atoms with van der Waals surface area (Å²) in [7, 11) is 0. The zero-order valence-electron chi connectivity index (χ0n) is 13.4. The Hall–Kier alpha value is -0.910. The van der Waals surface area contributed by atoms with Crippen molar-refractivity contribution in [2.24, 2.45) is 0 Å². The van der Waals surface area contributed by atoms with Gasteiger partial charge < -0.3 is 19.4 Å². The second-order valence-corrected chi connectivity index (χ2v) is 6.88. The highest BCUT2D eigenvalue weighted by Gasteiger charge is 2.40. The standard InChI is InChI=1S/C17H27N3O2/c1-2-10-22-14(3-1)5-9-20-13-18-16-15(20)4-8-19-17(16)6-11-21-12-7-17/h13-14,19H,1-12H2. The summed E-state index contributed by atoms with van der Waals surface area (Å²) < 4.78 is 13.8. The van der Waals surface area contributed by atoms with Crippen LogP contribution in [0, 0.1) is 0 Å². The fourth-order valence-corrected chi connectivity index (χ4v) is 4.22. The maximum atomic E-state index is 5.87. The van der Waals surface area contributed by atoms with Crippen molar-refractivity contribution in [3.63, 3.8) is 0 Å². The summed E-state index contributed by atoms with van der Waals surface area (Å²) in [6.45, 7) is 4.72.